The molecule has 142 valence electrons. The van der Waals surface area contributed by atoms with E-state index in [1.54, 1.807) is 18.3 Å². The second-order valence-corrected chi connectivity index (χ2v) is 6.57. The molecule has 0 aliphatic carbocycles. The molecular weight excluding hydrogens is 352 g/mol. The number of para-hydroxylation sites is 1. The molecule has 1 aromatic heterocycles. The number of amides is 2. The maximum atomic E-state index is 12.7. The fourth-order valence-electron chi connectivity index (χ4n) is 2.87. The summed E-state index contributed by atoms with van der Waals surface area (Å²) in [4.78, 5) is 28.1. The van der Waals surface area contributed by atoms with Crippen molar-refractivity contribution in [2.45, 2.75) is 20.8 Å². The van der Waals surface area contributed by atoms with E-state index in [0.29, 0.717) is 16.9 Å². The first-order chi connectivity index (χ1) is 13.4. The van der Waals surface area contributed by atoms with Gasteiger partial charge in [-0.3, -0.25) is 14.6 Å². The van der Waals surface area contributed by atoms with Crippen molar-refractivity contribution >= 4 is 34.6 Å². The molecule has 6 heteroatoms. The van der Waals surface area contributed by atoms with E-state index >= 15 is 0 Å². The topological polar surface area (TPSA) is 83.1 Å². The van der Waals surface area contributed by atoms with Crippen LogP contribution in [0.4, 0.5) is 22.7 Å². The molecule has 3 rings (SSSR count). The van der Waals surface area contributed by atoms with Crippen LogP contribution in [0.2, 0.25) is 0 Å². The van der Waals surface area contributed by atoms with Crippen LogP contribution >= 0.6 is 0 Å². The van der Waals surface area contributed by atoms with Crippen LogP contribution in [0.1, 0.15) is 28.4 Å². The summed E-state index contributed by atoms with van der Waals surface area (Å²) in [5.74, 6) is -0.357. The summed E-state index contributed by atoms with van der Waals surface area (Å²) in [6.45, 7) is 5.38. The van der Waals surface area contributed by atoms with Crippen molar-refractivity contribution in [2.24, 2.45) is 0 Å². The monoisotopic (exact) mass is 374 g/mol. The van der Waals surface area contributed by atoms with Crippen LogP contribution in [0.15, 0.2) is 60.9 Å². The zero-order valence-electron chi connectivity index (χ0n) is 16.0. The second-order valence-electron chi connectivity index (χ2n) is 6.57. The van der Waals surface area contributed by atoms with E-state index in [9.17, 15) is 9.59 Å². The lowest BCUT2D eigenvalue weighted by molar-refractivity contribution is -0.114. The van der Waals surface area contributed by atoms with Gasteiger partial charge >= 0.3 is 0 Å². The van der Waals surface area contributed by atoms with Gasteiger partial charge in [0.25, 0.3) is 5.91 Å². The maximum Gasteiger partial charge on any atom is 0.257 e. The van der Waals surface area contributed by atoms with Crippen LogP contribution in [-0.2, 0) is 4.79 Å². The minimum Gasteiger partial charge on any atom is -0.354 e. The van der Waals surface area contributed by atoms with Gasteiger partial charge in [-0.1, -0.05) is 24.3 Å². The molecule has 2 amide bonds. The molecule has 0 saturated heterocycles. The van der Waals surface area contributed by atoms with Crippen LogP contribution in [0.25, 0.3) is 0 Å². The number of aromatic nitrogens is 1. The lowest BCUT2D eigenvalue weighted by Crippen LogP contribution is -2.14. The number of carbonyl (C=O) groups excluding carboxylic acids is 2. The smallest absolute Gasteiger partial charge is 0.257 e. The summed E-state index contributed by atoms with van der Waals surface area (Å²) in [6.07, 6.45) is 3.17. The zero-order valence-corrected chi connectivity index (χ0v) is 16.0. The van der Waals surface area contributed by atoms with Crippen molar-refractivity contribution in [3.63, 3.8) is 0 Å². The van der Waals surface area contributed by atoms with Gasteiger partial charge in [-0.15, -0.1) is 0 Å². The summed E-state index contributed by atoms with van der Waals surface area (Å²) in [6, 6.07) is 14.9. The average molecular weight is 374 g/mol. The lowest BCUT2D eigenvalue weighted by Gasteiger charge is -2.12. The molecule has 0 spiro atoms. The highest BCUT2D eigenvalue weighted by Gasteiger charge is 2.11. The van der Waals surface area contributed by atoms with Crippen molar-refractivity contribution in [1.29, 1.82) is 0 Å². The Labute approximate surface area is 164 Å². The van der Waals surface area contributed by atoms with Gasteiger partial charge in [0.1, 0.15) is 0 Å². The Hall–Kier alpha value is -3.67. The molecule has 0 atom stereocenters. The van der Waals surface area contributed by atoms with E-state index in [-0.39, 0.29) is 11.8 Å². The Morgan fingerprint density at radius 2 is 1.50 bits per heavy atom. The molecule has 1 heterocycles. The molecule has 3 aromatic rings. The third-order valence-electron chi connectivity index (χ3n) is 4.19. The molecule has 2 aromatic carbocycles. The third-order valence-corrected chi connectivity index (χ3v) is 4.19. The molecule has 0 fully saturated rings. The van der Waals surface area contributed by atoms with Gasteiger partial charge in [0.15, 0.2) is 0 Å². The summed E-state index contributed by atoms with van der Waals surface area (Å²) in [5, 5.41) is 8.91. The molecule has 28 heavy (non-hydrogen) atoms. The summed E-state index contributed by atoms with van der Waals surface area (Å²) >= 11 is 0. The zero-order chi connectivity index (χ0) is 20.1. The molecule has 0 saturated carbocycles. The van der Waals surface area contributed by atoms with Crippen molar-refractivity contribution in [2.75, 3.05) is 16.0 Å². The standard InChI is InChI=1S/C22H22N4O2/c1-14-6-4-7-15(2)21(14)26-22(28)17-10-20(13-23-12-17)25-19-9-5-8-18(11-19)24-16(3)27/h4-13,25H,1-3H3,(H,24,27)(H,26,28). The Balaban J connectivity index is 1.77. The third kappa shape index (κ3) is 4.73. The second kappa shape index (κ2) is 8.35. The van der Waals surface area contributed by atoms with Gasteiger partial charge in [-0.2, -0.15) is 0 Å². The molecule has 6 nitrogen and oxygen atoms in total. The van der Waals surface area contributed by atoms with Crippen molar-refractivity contribution in [1.82, 2.24) is 4.98 Å². The highest BCUT2D eigenvalue weighted by atomic mass is 16.2. The lowest BCUT2D eigenvalue weighted by atomic mass is 10.1. The number of nitrogens with one attached hydrogen (secondary N) is 3. The van der Waals surface area contributed by atoms with Gasteiger partial charge in [-0.25, -0.2) is 0 Å². The van der Waals surface area contributed by atoms with E-state index in [4.69, 9.17) is 0 Å². The number of rotatable bonds is 5. The Bertz CT molecular complexity index is 1010. The number of nitrogens with zero attached hydrogens (tertiary/aromatic N) is 1. The van der Waals surface area contributed by atoms with Gasteiger partial charge in [-0.05, 0) is 49.2 Å². The number of benzene rings is 2. The van der Waals surface area contributed by atoms with E-state index in [0.717, 1.165) is 22.5 Å². The Kier molecular flexibility index (Phi) is 5.69. The van der Waals surface area contributed by atoms with Gasteiger partial charge < -0.3 is 16.0 Å². The van der Waals surface area contributed by atoms with E-state index in [1.165, 1.54) is 13.1 Å². The number of hydrogen-bond acceptors (Lipinski definition) is 4. The van der Waals surface area contributed by atoms with E-state index in [1.807, 2.05) is 50.2 Å². The van der Waals surface area contributed by atoms with Crippen LogP contribution < -0.4 is 16.0 Å². The summed E-state index contributed by atoms with van der Waals surface area (Å²) < 4.78 is 0. The summed E-state index contributed by atoms with van der Waals surface area (Å²) in [5.41, 5.74) is 5.42. The molecule has 0 radical (unpaired) electrons. The Morgan fingerprint density at radius 3 is 2.21 bits per heavy atom. The largest absolute Gasteiger partial charge is 0.354 e. The van der Waals surface area contributed by atoms with Crippen LogP contribution in [0, 0.1) is 13.8 Å². The molecular formula is C22H22N4O2. The molecule has 0 aliphatic heterocycles. The van der Waals surface area contributed by atoms with E-state index in [2.05, 4.69) is 20.9 Å². The SMILES string of the molecule is CC(=O)Nc1cccc(Nc2cncc(C(=O)Nc3c(C)cccc3C)c2)c1. The molecule has 0 aliphatic rings. The van der Waals surface area contributed by atoms with Crippen molar-refractivity contribution in [3.05, 3.63) is 77.6 Å². The van der Waals surface area contributed by atoms with Gasteiger partial charge in [0.2, 0.25) is 5.91 Å². The Morgan fingerprint density at radius 1 is 0.821 bits per heavy atom. The summed E-state index contributed by atoms with van der Waals surface area (Å²) in [7, 11) is 0. The first-order valence-electron chi connectivity index (χ1n) is 8.89. The van der Waals surface area contributed by atoms with Crippen molar-refractivity contribution in [3.8, 4) is 0 Å². The molecule has 0 bridgehead atoms. The van der Waals surface area contributed by atoms with Crippen molar-refractivity contribution < 1.29 is 9.59 Å². The first kappa shape index (κ1) is 19.1. The van der Waals surface area contributed by atoms with Crippen LogP contribution in [0.3, 0.4) is 0 Å². The predicted molar refractivity (Wildman–Crippen MR) is 112 cm³/mol. The predicted octanol–water partition coefficient (Wildman–Crippen LogP) is 4.65. The normalized spacial score (nSPS) is 10.2. The van der Waals surface area contributed by atoms with Crippen LogP contribution in [-0.4, -0.2) is 16.8 Å². The average Bonchev–Trinajstić information content (AvgIpc) is 2.65. The number of pyridine rings is 1. The number of anilines is 4. The fraction of sp³-hybridized carbons (Fsp3) is 0.136. The number of carbonyl (C=O) groups is 2. The van der Waals surface area contributed by atoms with Gasteiger partial charge in [0, 0.05) is 30.2 Å². The highest BCUT2D eigenvalue weighted by molar-refractivity contribution is 6.05. The first-order valence-corrected chi connectivity index (χ1v) is 8.89. The number of aryl methyl sites for hydroxylation is 2. The van der Waals surface area contributed by atoms with Crippen LogP contribution in [0.5, 0.6) is 0 Å². The maximum absolute atomic E-state index is 12.7. The minimum atomic E-state index is -0.222. The molecule has 0 unspecified atom stereocenters. The number of hydrogen-bond donors (Lipinski definition) is 3. The minimum absolute atomic E-state index is 0.135. The fourth-order valence-corrected chi connectivity index (χ4v) is 2.87. The van der Waals surface area contributed by atoms with E-state index < -0.39 is 0 Å². The highest BCUT2D eigenvalue weighted by Crippen LogP contribution is 2.22. The quantitative estimate of drug-likeness (QED) is 0.607. The van der Waals surface area contributed by atoms with Gasteiger partial charge in [0.05, 0.1) is 17.4 Å². The molecule has 3 N–H and O–H groups in total.